The van der Waals surface area contributed by atoms with Gasteiger partial charge in [0.05, 0.1) is 25.9 Å². The lowest BCUT2D eigenvalue weighted by Crippen LogP contribution is -2.41. The minimum Gasteiger partial charge on any atom is -0.508 e. The number of carbonyl (C=O) groups excluding carboxylic acids is 1. The number of likely N-dealkylation sites (N-methyl/N-ethyl adjacent to an activating group) is 1. The van der Waals surface area contributed by atoms with Crippen LogP contribution in [0.3, 0.4) is 0 Å². The molecule has 0 fully saturated rings. The molecule has 2 aromatic rings. The molecular weight excluding hydrogens is 360 g/mol. The smallest absolute Gasteiger partial charge is 0.317 e. The molecule has 2 amide bonds. The molecule has 0 saturated heterocycles. The van der Waals surface area contributed by atoms with Gasteiger partial charge in [-0.3, -0.25) is 0 Å². The number of aliphatic hydroxyl groups is 1. The van der Waals surface area contributed by atoms with Gasteiger partial charge in [0.15, 0.2) is 11.5 Å². The number of urea groups is 1. The summed E-state index contributed by atoms with van der Waals surface area (Å²) in [6, 6.07) is 11.8. The van der Waals surface area contributed by atoms with Crippen molar-refractivity contribution in [3.63, 3.8) is 0 Å². The van der Waals surface area contributed by atoms with Crippen molar-refractivity contribution in [3.8, 4) is 17.2 Å². The summed E-state index contributed by atoms with van der Waals surface area (Å²) in [6.07, 6.45) is -0.0379. The Morgan fingerprint density at radius 2 is 1.96 bits per heavy atom. The number of phenolic OH excluding ortho intramolecular Hbond substituents is 1. The Bertz CT molecular complexity index is 811. The summed E-state index contributed by atoms with van der Waals surface area (Å²) in [4.78, 5) is 14.0. The Hall–Kier alpha value is -2.93. The molecule has 2 aromatic carbocycles. The largest absolute Gasteiger partial charge is 0.508 e. The predicted molar refractivity (Wildman–Crippen MR) is 105 cm³/mol. The zero-order valence-electron chi connectivity index (χ0n) is 15.9. The zero-order valence-corrected chi connectivity index (χ0v) is 15.9. The summed E-state index contributed by atoms with van der Waals surface area (Å²) in [5.74, 6) is 1.49. The van der Waals surface area contributed by atoms with Crippen LogP contribution < -0.4 is 14.8 Å². The fourth-order valence-corrected chi connectivity index (χ4v) is 3.01. The highest BCUT2D eigenvalue weighted by molar-refractivity contribution is 5.74. The average molecular weight is 386 g/mol. The molecule has 1 heterocycles. The summed E-state index contributed by atoms with van der Waals surface area (Å²) in [6.45, 7) is 4.02. The maximum atomic E-state index is 12.5. The fourth-order valence-electron chi connectivity index (χ4n) is 3.01. The zero-order chi connectivity index (χ0) is 19.9. The van der Waals surface area contributed by atoms with Gasteiger partial charge in [0.1, 0.15) is 5.75 Å². The summed E-state index contributed by atoms with van der Waals surface area (Å²) in [7, 11) is 0. The van der Waals surface area contributed by atoms with Crippen LogP contribution in [0, 0.1) is 0 Å². The molecule has 1 aliphatic rings. The van der Waals surface area contributed by atoms with E-state index >= 15 is 0 Å². The lowest BCUT2D eigenvalue weighted by molar-refractivity contribution is 0.123. The first-order valence-corrected chi connectivity index (χ1v) is 9.45. The van der Waals surface area contributed by atoms with Gasteiger partial charge < -0.3 is 29.9 Å². The molecule has 28 heavy (non-hydrogen) atoms. The Kier molecular flexibility index (Phi) is 6.60. The number of hydrogen-bond donors (Lipinski definition) is 3. The Morgan fingerprint density at radius 3 is 2.71 bits per heavy atom. The van der Waals surface area contributed by atoms with Crippen molar-refractivity contribution in [1.29, 1.82) is 0 Å². The standard InChI is InChI=1S/C21H26N2O5/c1-2-23(14-18(25)16-5-3-6-17(24)12-16)21(26)22-13-15-7-8-19-20(11-15)28-10-4-9-27-19/h3,5-8,11-12,18,24-25H,2,4,9-10,13-14H2,1H3,(H,22,26). The normalized spacial score (nSPS) is 14.1. The van der Waals surface area contributed by atoms with E-state index in [2.05, 4.69) is 5.32 Å². The van der Waals surface area contributed by atoms with Crippen molar-refractivity contribution in [2.75, 3.05) is 26.3 Å². The molecule has 0 aromatic heterocycles. The Balaban J connectivity index is 1.57. The van der Waals surface area contributed by atoms with Crippen LogP contribution in [0.5, 0.6) is 17.2 Å². The molecule has 1 aliphatic heterocycles. The average Bonchev–Trinajstić information content (AvgIpc) is 2.95. The maximum absolute atomic E-state index is 12.5. The van der Waals surface area contributed by atoms with E-state index in [0.717, 1.165) is 17.7 Å². The Morgan fingerprint density at radius 1 is 1.18 bits per heavy atom. The molecule has 1 atom stereocenters. The second-order valence-corrected chi connectivity index (χ2v) is 6.64. The number of phenols is 1. The third-order valence-corrected chi connectivity index (χ3v) is 4.57. The topological polar surface area (TPSA) is 91.3 Å². The van der Waals surface area contributed by atoms with E-state index in [1.54, 1.807) is 12.1 Å². The molecule has 150 valence electrons. The fraction of sp³-hybridized carbons (Fsp3) is 0.381. The van der Waals surface area contributed by atoms with E-state index in [-0.39, 0.29) is 18.3 Å². The second-order valence-electron chi connectivity index (χ2n) is 6.64. The molecule has 7 nitrogen and oxygen atoms in total. The second kappa shape index (κ2) is 9.32. The van der Waals surface area contributed by atoms with Crippen molar-refractivity contribution < 1.29 is 24.5 Å². The summed E-state index contributed by atoms with van der Waals surface area (Å²) in [5, 5.41) is 22.8. The predicted octanol–water partition coefficient (Wildman–Crippen LogP) is 2.82. The van der Waals surface area contributed by atoms with Crippen molar-refractivity contribution in [1.82, 2.24) is 10.2 Å². The van der Waals surface area contributed by atoms with Crippen LogP contribution >= 0.6 is 0 Å². The molecule has 7 heteroatoms. The van der Waals surface area contributed by atoms with Gasteiger partial charge in [-0.2, -0.15) is 0 Å². The van der Waals surface area contributed by atoms with E-state index in [1.807, 2.05) is 25.1 Å². The number of hydrogen-bond acceptors (Lipinski definition) is 5. The van der Waals surface area contributed by atoms with E-state index in [4.69, 9.17) is 9.47 Å². The van der Waals surface area contributed by atoms with Gasteiger partial charge in [0.2, 0.25) is 0 Å². The number of fused-ring (bicyclic) bond motifs is 1. The highest BCUT2D eigenvalue weighted by Gasteiger charge is 2.18. The SMILES string of the molecule is CCN(CC(O)c1cccc(O)c1)C(=O)NCc1ccc2c(c1)OCCCO2. The van der Waals surface area contributed by atoms with Gasteiger partial charge in [-0.05, 0) is 42.3 Å². The molecule has 0 bridgehead atoms. The first-order chi connectivity index (χ1) is 13.6. The number of nitrogens with one attached hydrogen (secondary N) is 1. The number of ether oxygens (including phenoxy) is 2. The van der Waals surface area contributed by atoms with Crippen LogP contribution in [-0.2, 0) is 6.54 Å². The monoisotopic (exact) mass is 386 g/mol. The number of aromatic hydroxyl groups is 1. The van der Waals surface area contributed by atoms with Gasteiger partial charge >= 0.3 is 6.03 Å². The number of nitrogens with zero attached hydrogens (tertiary/aromatic N) is 1. The quantitative estimate of drug-likeness (QED) is 0.710. The third kappa shape index (κ3) is 5.07. The van der Waals surface area contributed by atoms with E-state index < -0.39 is 6.10 Å². The van der Waals surface area contributed by atoms with Gasteiger partial charge in [-0.1, -0.05) is 18.2 Å². The van der Waals surface area contributed by atoms with Gasteiger partial charge in [-0.15, -0.1) is 0 Å². The summed E-state index contributed by atoms with van der Waals surface area (Å²) >= 11 is 0. The van der Waals surface area contributed by atoms with Crippen LogP contribution in [0.25, 0.3) is 0 Å². The number of benzene rings is 2. The van der Waals surface area contributed by atoms with Gasteiger partial charge in [-0.25, -0.2) is 4.79 Å². The van der Waals surface area contributed by atoms with Crippen molar-refractivity contribution in [2.24, 2.45) is 0 Å². The molecule has 0 aliphatic carbocycles. The summed E-state index contributed by atoms with van der Waals surface area (Å²) < 4.78 is 11.3. The summed E-state index contributed by atoms with van der Waals surface area (Å²) in [5.41, 5.74) is 1.47. The van der Waals surface area contributed by atoms with Gasteiger partial charge in [0.25, 0.3) is 0 Å². The minimum atomic E-state index is -0.879. The highest BCUT2D eigenvalue weighted by Crippen LogP contribution is 2.30. The van der Waals surface area contributed by atoms with Crippen molar-refractivity contribution in [3.05, 3.63) is 53.6 Å². The highest BCUT2D eigenvalue weighted by atomic mass is 16.5. The lowest BCUT2D eigenvalue weighted by atomic mass is 10.1. The van der Waals surface area contributed by atoms with E-state index in [1.165, 1.54) is 17.0 Å². The maximum Gasteiger partial charge on any atom is 0.317 e. The molecule has 0 radical (unpaired) electrons. The molecule has 0 saturated carbocycles. The van der Waals surface area contributed by atoms with Crippen LogP contribution in [0.15, 0.2) is 42.5 Å². The van der Waals surface area contributed by atoms with Crippen molar-refractivity contribution >= 4 is 6.03 Å². The van der Waals surface area contributed by atoms with Crippen LogP contribution in [-0.4, -0.2) is 47.4 Å². The third-order valence-electron chi connectivity index (χ3n) is 4.57. The Labute approximate surface area is 164 Å². The van der Waals surface area contributed by atoms with E-state index in [0.29, 0.717) is 37.6 Å². The number of rotatable bonds is 6. The molecule has 3 N–H and O–H groups in total. The molecule has 3 rings (SSSR count). The van der Waals surface area contributed by atoms with E-state index in [9.17, 15) is 15.0 Å². The first kappa shape index (κ1) is 19.8. The molecular formula is C21H26N2O5. The van der Waals surface area contributed by atoms with Gasteiger partial charge in [0, 0.05) is 19.5 Å². The van der Waals surface area contributed by atoms with Crippen LogP contribution in [0.1, 0.15) is 30.6 Å². The van der Waals surface area contributed by atoms with Crippen LogP contribution in [0.4, 0.5) is 4.79 Å². The molecule has 1 unspecified atom stereocenters. The minimum absolute atomic E-state index is 0.0819. The van der Waals surface area contributed by atoms with Crippen molar-refractivity contribution in [2.45, 2.75) is 26.0 Å². The number of amides is 2. The molecule has 0 spiro atoms. The number of aliphatic hydroxyl groups excluding tert-OH is 1. The number of carbonyl (C=O) groups is 1. The van der Waals surface area contributed by atoms with Crippen LogP contribution in [0.2, 0.25) is 0 Å². The first-order valence-electron chi connectivity index (χ1n) is 9.45. The lowest BCUT2D eigenvalue weighted by Gasteiger charge is -2.24.